The summed E-state index contributed by atoms with van der Waals surface area (Å²) in [6.45, 7) is 3.64. The van der Waals surface area contributed by atoms with Crippen LogP contribution >= 0.6 is 0 Å². The molecular weight excluding hydrogens is 265 g/mol. The van der Waals surface area contributed by atoms with Crippen molar-refractivity contribution in [3.63, 3.8) is 0 Å². The van der Waals surface area contributed by atoms with Gasteiger partial charge in [0.2, 0.25) is 0 Å². The number of nitrogens with zero attached hydrogens (tertiary/aromatic N) is 1. The van der Waals surface area contributed by atoms with Crippen molar-refractivity contribution in [2.45, 2.75) is 19.9 Å². The SMILES string of the molecule is Cc1ccc2nc(CCNCc3ccc(F)cc3)[nH]c2c1. The fourth-order valence-corrected chi connectivity index (χ4v) is 2.34. The predicted molar refractivity (Wildman–Crippen MR) is 82.6 cm³/mol. The van der Waals surface area contributed by atoms with Gasteiger partial charge < -0.3 is 10.3 Å². The summed E-state index contributed by atoms with van der Waals surface area (Å²) in [6, 6.07) is 12.8. The molecule has 0 bridgehead atoms. The molecule has 0 spiro atoms. The van der Waals surface area contributed by atoms with E-state index in [2.05, 4.69) is 34.3 Å². The minimum absolute atomic E-state index is 0.198. The molecule has 0 aliphatic carbocycles. The van der Waals surface area contributed by atoms with Crippen LogP contribution in [0.1, 0.15) is 17.0 Å². The van der Waals surface area contributed by atoms with Crippen molar-refractivity contribution < 1.29 is 4.39 Å². The molecule has 0 atom stereocenters. The number of hydrogen-bond donors (Lipinski definition) is 2. The smallest absolute Gasteiger partial charge is 0.123 e. The lowest BCUT2D eigenvalue weighted by molar-refractivity contribution is 0.624. The van der Waals surface area contributed by atoms with E-state index in [1.165, 1.54) is 17.7 Å². The topological polar surface area (TPSA) is 40.7 Å². The standard InChI is InChI=1S/C17H18FN3/c1-12-2-7-15-16(10-12)21-17(20-15)8-9-19-11-13-3-5-14(18)6-4-13/h2-7,10,19H,8-9,11H2,1H3,(H,20,21). The van der Waals surface area contributed by atoms with E-state index in [1.54, 1.807) is 12.1 Å². The predicted octanol–water partition coefficient (Wildman–Crippen LogP) is 3.34. The van der Waals surface area contributed by atoms with Gasteiger partial charge in [-0.1, -0.05) is 18.2 Å². The van der Waals surface area contributed by atoms with Gasteiger partial charge in [-0.2, -0.15) is 0 Å². The number of H-pyrrole nitrogens is 1. The Bertz CT molecular complexity index is 731. The maximum Gasteiger partial charge on any atom is 0.123 e. The molecule has 0 saturated heterocycles. The Hall–Kier alpha value is -2.20. The summed E-state index contributed by atoms with van der Waals surface area (Å²) in [5.41, 5.74) is 4.40. The number of aryl methyl sites for hydroxylation is 1. The number of benzene rings is 2. The average molecular weight is 283 g/mol. The van der Waals surface area contributed by atoms with Crippen molar-refractivity contribution in [2.24, 2.45) is 0 Å². The van der Waals surface area contributed by atoms with Gasteiger partial charge in [0, 0.05) is 19.5 Å². The quantitative estimate of drug-likeness (QED) is 0.705. The molecule has 0 aliphatic rings. The molecule has 0 unspecified atom stereocenters. The van der Waals surface area contributed by atoms with Crippen LogP contribution in [0.15, 0.2) is 42.5 Å². The van der Waals surface area contributed by atoms with Crippen LogP contribution in [0.25, 0.3) is 11.0 Å². The number of aromatic nitrogens is 2. The Morgan fingerprint density at radius 1 is 1.14 bits per heavy atom. The first-order valence-electron chi connectivity index (χ1n) is 7.11. The van der Waals surface area contributed by atoms with Crippen LogP contribution in [-0.2, 0) is 13.0 Å². The van der Waals surface area contributed by atoms with Crippen LogP contribution in [0.3, 0.4) is 0 Å². The van der Waals surface area contributed by atoms with E-state index in [9.17, 15) is 4.39 Å². The molecule has 4 heteroatoms. The van der Waals surface area contributed by atoms with E-state index in [-0.39, 0.29) is 5.82 Å². The van der Waals surface area contributed by atoms with Crippen molar-refractivity contribution in [3.05, 3.63) is 65.2 Å². The first kappa shape index (κ1) is 13.8. The third-order valence-electron chi connectivity index (χ3n) is 3.47. The van der Waals surface area contributed by atoms with Gasteiger partial charge in [-0.15, -0.1) is 0 Å². The molecule has 0 aliphatic heterocycles. The fourth-order valence-electron chi connectivity index (χ4n) is 2.34. The summed E-state index contributed by atoms with van der Waals surface area (Å²) in [7, 11) is 0. The molecule has 3 nitrogen and oxygen atoms in total. The number of hydrogen-bond acceptors (Lipinski definition) is 2. The maximum atomic E-state index is 12.8. The highest BCUT2D eigenvalue weighted by molar-refractivity contribution is 5.75. The molecule has 0 radical (unpaired) electrons. The third kappa shape index (κ3) is 3.47. The molecule has 1 heterocycles. The molecule has 0 fully saturated rings. The zero-order valence-corrected chi connectivity index (χ0v) is 12.0. The van der Waals surface area contributed by atoms with Gasteiger partial charge in [0.15, 0.2) is 0 Å². The van der Waals surface area contributed by atoms with Gasteiger partial charge in [0.05, 0.1) is 11.0 Å². The summed E-state index contributed by atoms with van der Waals surface area (Å²) in [6.07, 6.45) is 0.842. The minimum Gasteiger partial charge on any atom is -0.342 e. The second-order valence-corrected chi connectivity index (χ2v) is 5.26. The molecule has 1 aromatic heterocycles. The van der Waals surface area contributed by atoms with Gasteiger partial charge >= 0.3 is 0 Å². The Morgan fingerprint density at radius 3 is 2.76 bits per heavy atom. The zero-order chi connectivity index (χ0) is 14.7. The third-order valence-corrected chi connectivity index (χ3v) is 3.47. The number of halogens is 1. The Balaban J connectivity index is 1.53. The summed E-state index contributed by atoms with van der Waals surface area (Å²) in [5, 5.41) is 3.34. The Morgan fingerprint density at radius 2 is 1.95 bits per heavy atom. The van der Waals surface area contributed by atoms with Crippen LogP contribution < -0.4 is 5.32 Å². The van der Waals surface area contributed by atoms with Crippen molar-refractivity contribution in [1.29, 1.82) is 0 Å². The molecule has 108 valence electrons. The normalized spacial score (nSPS) is 11.1. The van der Waals surface area contributed by atoms with Gasteiger partial charge in [-0.3, -0.25) is 0 Å². The molecule has 0 amide bonds. The van der Waals surface area contributed by atoms with E-state index < -0.39 is 0 Å². The molecule has 2 N–H and O–H groups in total. The first-order valence-corrected chi connectivity index (χ1v) is 7.11. The lowest BCUT2D eigenvalue weighted by Crippen LogP contribution is -2.17. The Labute approximate surface area is 123 Å². The highest BCUT2D eigenvalue weighted by atomic mass is 19.1. The van der Waals surface area contributed by atoms with E-state index in [0.29, 0.717) is 0 Å². The molecule has 2 aromatic carbocycles. The van der Waals surface area contributed by atoms with E-state index in [1.807, 2.05) is 6.07 Å². The lowest BCUT2D eigenvalue weighted by atomic mass is 10.2. The van der Waals surface area contributed by atoms with Crippen LogP contribution in [0, 0.1) is 12.7 Å². The lowest BCUT2D eigenvalue weighted by Gasteiger charge is -2.03. The van der Waals surface area contributed by atoms with Crippen molar-refractivity contribution in [3.8, 4) is 0 Å². The fraction of sp³-hybridized carbons (Fsp3) is 0.235. The highest BCUT2D eigenvalue weighted by Crippen LogP contribution is 2.13. The van der Waals surface area contributed by atoms with Crippen molar-refractivity contribution in [2.75, 3.05) is 6.54 Å². The van der Waals surface area contributed by atoms with Crippen LogP contribution in [-0.4, -0.2) is 16.5 Å². The number of imidazole rings is 1. The summed E-state index contributed by atoms with van der Waals surface area (Å²) < 4.78 is 12.8. The molecular formula is C17H18FN3. The van der Waals surface area contributed by atoms with Crippen LogP contribution in [0.4, 0.5) is 4.39 Å². The van der Waals surface area contributed by atoms with Gasteiger partial charge in [0.1, 0.15) is 11.6 Å². The molecule has 3 rings (SSSR count). The number of aromatic amines is 1. The summed E-state index contributed by atoms with van der Waals surface area (Å²) >= 11 is 0. The van der Waals surface area contributed by atoms with Crippen molar-refractivity contribution in [1.82, 2.24) is 15.3 Å². The largest absolute Gasteiger partial charge is 0.342 e. The number of nitrogens with one attached hydrogen (secondary N) is 2. The second kappa shape index (κ2) is 6.06. The van der Waals surface area contributed by atoms with Crippen molar-refractivity contribution >= 4 is 11.0 Å². The minimum atomic E-state index is -0.198. The van der Waals surface area contributed by atoms with E-state index >= 15 is 0 Å². The number of fused-ring (bicyclic) bond motifs is 1. The monoisotopic (exact) mass is 283 g/mol. The first-order chi connectivity index (χ1) is 10.2. The molecule has 0 saturated carbocycles. The zero-order valence-electron chi connectivity index (χ0n) is 12.0. The van der Waals surface area contributed by atoms with E-state index in [4.69, 9.17) is 0 Å². The molecule has 3 aromatic rings. The average Bonchev–Trinajstić information content (AvgIpc) is 2.87. The maximum absolute atomic E-state index is 12.8. The van der Waals surface area contributed by atoms with Gasteiger partial charge in [0.25, 0.3) is 0 Å². The second-order valence-electron chi connectivity index (χ2n) is 5.26. The van der Waals surface area contributed by atoms with E-state index in [0.717, 1.165) is 41.9 Å². The van der Waals surface area contributed by atoms with Gasteiger partial charge in [-0.25, -0.2) is 9.37 Å². The summed E-state index contributed by atoms with van der Waals surface area (Å²) in [4.78, 5) is 7.91. The van der Waals surface area contributed by atoms with Crippen LogP contribution in [0.5, 0.6) is 0 Å². The Kier molecular flexibility index (Phi) is 3.97. The summed E-state index contributed by atoms with van der Waals surface area (Å²) in [5.74, 6) is 0.790. The van der Waals surface area contributed by atoms with Gasteiger partial charge in [-0.05, 0) is 42.3 Å². The molecule has 21 heavy (non-hydrogen) atoms. The van der Waals surface area contributed by atoms with Crippen LogP contribution in [0.2, 0.25) is 0 Å². The number of rotatable bonds is 5. The highest BCUT2D eigenvalue weighted by Gasteiger charge is 2.02.